The molecule has 4 nitrogen and oxygen atoms in total. The molecule has 0 saturated heterocycles. The van der Waals surface area contributed by atoms with Gasteiger partial charge in [-0.25, -0.2) is 0 Å². The number of amides is 1. The summed E-state index contributed by atoms with van der Waals surface area (Å²) in [5.74, 6) is -0.854. The second-order valence-electron chi connectivity index (χ2n) is 5.96. The van der Waals surface area contributed by atoms with Crippen molar-refractivity contribution in [3.8, 4) is 0 Å². The largest absolute Gasteiger partial charge is 0.417 e. The lowest BCUT2D eigenvalue weighted by atomic mass is 10.0. The number of alkyl halides is 3. The van der Waals surface area contributed by atoms with Crippen molar-refractivity contribution >= 4 is 28.2 Å². The van der Waals surface area contributed by atoms with Crippen LogP contribution in [0.15, 0.2) is 54.7 Å². The fourth-order valence-corrected chi connectivity index (χ4v) is 2.66. The first kappa shape index (κ1) is 17.7. The smallest absolute Gasteiger partial charge is 0.378 e. The molecule has 3 rings (SSSR count). The summed E-state index contributed by atoms with van der Waals surface area (Å²) in [6.45, 7) is 0. The first-order valence-corrected chi connectivity index (χ1v) is 7.81. The lowest BCUT2D eigenvalue weighted by Crippen LogP contribution is -2.20. The number of benzene rings is 2. The molecule has 1 aromatic heterocycles. The predicted molar refractivity (Wildman–Crippen MR) is 95.5 cm³/mol. The molecule has 1 N–H and O–H groups in total. The van der Waals surface area contributed by atoms with Gasteiger partial charge in [0.1, 0.15) is 0 Å². The van der Waals surface area contributed by atoms with Crippen LogP contribution in [0.25, 0.3) is 10.9 Å². The van der Waals surface area contributed by atoms with Crippen molar-refractivity contribution in [2.75, 3.05) is 24.3 Å². The van der Waals surface area contributed by atoms with Crippen LogP contribution in [-0.4, -0.2) is 25.0 Å². The lowest BCUT2D eigenvalue weighted by molar-refractivity contribution is -0.136. The second-order valence-corrected chi connectivity index (χ2v) is 5.96. The number of anilines is 2. The number of halogens is 3. The molecule has 0 fully saturated rings. The number of nitrogens with zero attached hydrogens (tertiary/aromatic N) is 2. The summed E-state index contributed by atoms with van der Waals surface area (Å²) >= 11 is 0. The molecule has 0 spiro atoms. The molecule has 26 heavy (non-hydrogen) atoms. The fraction of sp³-hybridized carbons (Fsp3) is 0.158. The number of pyridine rings is 1. The minimum absolute atomic E-state index is 0.101. The zero-order valence-corrected chi connectivity index (χ0v) is 14.1. The SMILES string of the molecule is CN(C)c1ccc(NC(=O)c2cnc3ccccc3c2C(F)(F)F)cc1. The third kappa shape index (κ3) is 3.46. The fourth-order valence-electron chi connectivity index (χ4n) is 2.66. The summed E-state index contributed by atoms with van der Waals surface area (Å²) < 4.78 is 40.8. The van der Waals surface area contributed by atoms with Gasteiger partial charge in [0, 0.05) is 37.1 Å². The molecule has 0 radical (unpaired) electrons. The first-order chi connectivity index (χ1) is 12.3. The van der Waals surface area contributed by atoms with Gasteiger partial charge in [-0.1, -0.05) is 18.2 Å². The quantitative estimate of drug-likeness (QED) is 0.745. The molecule has 134 valence electrons. The molecule has 1 heterocycles. The van der Waals surface area contributed by atoms with E-state index in [1.165, 1.54) is 18.2 Å². The van der Waals surface area contributed by atoms with E-state index >= 15 is 0 Å². The average Bonchev–Trinajstić information content (AvgIpc) is 2.60. The minimum atomic E-state index is -4.68. The van der Waals surface area contributed by atoms with Gasteiger partial charge in [0.05, 0.1) is 16.6 Å². The molecule has 3 aromatic rings. The second kappa shape index (κ2) is 6.67. The van der Waals surface area contributed by atoms with Crippen molar-refractivity contribution in [3.63, 3.8) is 0 Å². The Morgan fingerprint density at radius 3 is 2.31 bits per heavy atom. The molecule has 2 aromatic carbocycles. The highest BCUT2D eigenvalue weighted by Crippen LogP contribution is 2.37. The van der Waals surface area contributed by atoms with Gasteiger partial charge < -0.3 is 10.2 Å². The van der Waals surface area contributed by atoms with Crippen LogP contribution in [-0.2, 0) is 6.18 Å². The maximum absolute atomic E-state index is 13.6. The predicted octanol–water partition coefficient (Wildman–Crippen LogP) is 4.57. The highest BCUT2D eigenvalue weighted by atomic mass is 19.4. The summed E-state index contributed by atoms with van der Waals surface area (Å²) in [6.07, 6.45) is -3.71. The van der Waals surface area contributed by atoms with Gasteiger partial charge in [-0.05, 0) is 30.3 Å². The molecule has 1 amide bonds. The number of para-hydroxylation sites is 1. The van der Waals surface area contributed by atoms with Crippen LogP contribution in [0, 0.1) is 0 Å². The molecule has 0 aliphatic carbocycles. The van der Waals surface area contributed by atoms with E-state index in [1.807, 2.05) is 19.0 Å². The van der Waals surface area contributed by atoms with Crippen LogP contribution in [0.4, 0.5) is 24.5 Å². The van der Waals surface area contributed by atoms with E-state index in [-0.39, 0.29) is 10.9 Å². The van der Waals surface area contributed by atoms with Crippen LogP contribution in [0.2, 0.25) is 0 Å². The van der Waals surface area contributed by atoms with Crippen molar-refractivity contribution in [2.45, 2.75) is 6.18 Å². The van der Waals surface area contributed by atoms with Crippen molar-refractivity contribution < 1.29 is 18.0 Å². The summed E-state index contributed by atoms with van der Waals surface area (Å²) in [5, 5.41) is 2.40. The van der Waals surface area contributed by atoms with Gasteiger partial charge in [-0.2, -0.15) is 13.2 Å². The molecule has 0 unspecified atom stereocenters. The van der Waals surface area contributed by atoms with Crippen LogP contribution in [0.1, 0.15) is 15.9 Å². The van der Waals surface area contributed by atoms with Crippen LogP contribution in [0.3, 0.4) is 0 Å². The zero-order valence-electron chi connectivity index (χ0n) is 14.1. The Bertz CT molecular complexity index is 950. The molecule has 0 atom stereocenters. The molecule has 0 aliphatic heterocycles. The number of hydrogen-bond donors (Lipinski definition) is 1. The summed E-state index contributed by atoms with van der Waals surface area (Å²) in [4.78, 5) is 18.3. The Balaban J connectivity index is 2.00. The maximum Gasteiger partial charge on any atom is 0.417 e. The third-order valence-corrected chi connectivity index (χ3v) is 3.95. The highest BCUT2D eigenvalue weighted by Gasteiger charge is 2.37. The average molecular weight is 359 g/mol. The van der Waals surface area contributed by atoms with E-state index in [0.717, 1.165) is 11.9 Å². The first-order valence-electron chi connectivity index (χ1n) is 7.81. The van der Waals surface area contributed by atoms with Crippen molar-refractivity contribution in [2.24, 2.45) is 0 Å². The lowest BCUT2D eigenvalue weighted by Gasteiger charge is -2.16. The van der Waals surface area contributed by atoms with Gasteiger partial charge in [-0.15, -0.1) is 0 Å². The number of carbonyl (C=O) groups excluding carboxylic acids is 1. The number of carbonyl (C=O) groups is 1. The number of rotatable bonds is 3. The Labute approximate surface area is 148 Å². The molecule has 0 saturated carbocycles. The van der Waals surface area contributed by atoms with E-state index in [4.69, 9.17) is 0 Å². The number of nitrogens with one attached hydrogen (secondary N) is 1. The van der Waals surface area contributed by atoms with Crippen LogP contribution in [0.5, 0.6) is 0 Å². The summed E-state index contributed by atoms with van der Waals surface area (Å²) in [5.41, 5.74) is 0.0124. The van der Waals surface area contributed by atoms with Crippen LogP contribution >= 0.6 is 0 Å². The number of fused-ring (bicyclic) bond motifs is 1. The maximum atomic E-state index is 13.6. The third-order valence-electron chi connectivity index (χ3n) is 3.95. The van der Waals surface area contributed by atoms with E-state index < -0.39 is 23.2 Å². The van der Waals surface area contributed by atoms with E-state index in [9.17, 15) is 18.0 Å². The van der Waals surface area contributed by atoms with E-state index in [2.05, 4.69) is 10.3 Å². The highest BCUT2D eigenvalue weighted by molar-refractivity contribution is 6.07. The Hall–Kier alpha value is -3.09. The topological polar surface area (TPSA) is 45.2 Å². The molecular formula is C19H16F3N3O. The van der Waals surface area contributed by atoms with Crippen LogP contribution < -0.4 is 10.2 Å². The zero-order chi connectivity index (χ0) is 18.9. The number of aromatic nitrogens is 1. The Morgan fingerprint density at radius 2 is 1.69 bits per heavy atom. The van der Waals surface area contributed by atoms with Crippen molar-refractivity contribution in [1.82, 2.24) is 4.98 Å². The van der Waals surface area contributed by atoms with Gasteiger partial charge in [-0.3, -0.25) is 9.78 Å². The van der Waals surface area contributed by atoms with Gasteiger partial charge in [0.2, 0.25) is 0 Å². The Kier molecular flexibility index (Phi) is 4.54. The monoisotopic (exact) mass is 359 g/mol. The molecule has 7 heteroatoms. The summed E-state index contributed by atoms with van der Waals surface area (Å²) in [6, 6.07) is 12.7. The van der Waals surface area contributed by atoms with Crippen molar-refractivity contribution in [1.29, 1.82) is 0 Å². The summed E-state index contributed by atoms with van der Waals surface area (Å²) in [7, 11) is 3.73. The van der Waals surface area contributed by atoms with Crippen molar-refractivity contribution in [3.05, 3.63) is 65.9 Å². The standard InChI is InChI=1S/C19H16F3N3O/c1-25(2)13-9-7-12(8-10-13)24-18(26)15-11-23-16-6-4-3-5-14(16)17(15)19(20,21)22/h3-11H,1-2H3,(H,24,26). The van der Waals surface area contributed by atoms with Gasteiger partial charge in [0.15, 0.2) is 0 Å². The number of hydrogen-bond acceptors (Lipinski definition) is 3. The molecule has 0 aliphatic rings. The van der Waals surface area contributed by atoms with E-state index in [1.54, 1.807) is 30.3 Å². The Morgan fingerprint density at radius 1 is 1.04 bits per heavy atom. The van der Waals surface area contributed by atoms with E-state index in [0.29, 0.717) is 5.69 Å². The van der Waals surface area contributed by atoms with Gasteiger partial charge in [0.25, 0.3) is 5.91 Å². The normalized spacial score (nSPS) is 11.4. The molecule has 0 bridgehead atoms. The molecular weight excluding hydrogens is 343 g/mol. The minimum Gasteiger partial charge on any atom is -0.378 e. The van der Waals surface area contributed by atoms with Gasteiger partial charge >= 0.3 is 6.18 Å².